The second-order valence-corrected chi connectivity index (χ2v) is 5.28. The minimum atomic E-state index is 0.0799. The van der Waals surface area contributed by atoms with Gasteiger partial charge in [0.05, 0.1) is 0 Å². The zero-order valence-electron chi connectivity index (χ0n) is 10.7. The van der Waals surface area contributed by atoms with Gasteiger partial charge >= 0.3 is 0 Å². The van der Waals surface area contributed by atoms with Gasteiger partial charge in [-0.2, -0.15) is 0 Å². The topological polar surface area (TPSA) is 41.8 Å². The van der Waals surface area contributed by atoms with Crippen molar-refractivity contribution in [2.75, 3.05) is 0 Å². The minimum Gasteiger partial charge on any atom is -0.402 e. The summed E-state index contributed by atoms with van der Waals surface area (Å²) in [7, 11) is 0. The van der Waals surface area contributed by atoms with E-state index in [1.165, 1.54) is 22.4 Å². The highest BCUT2D eigenvalue weighted by Crippen LogP contribution is 2.38. The monoisotopic (exact) mass is 206 g/mol. The van der Waals surface area contributed by atoms with E-state index in [0.29, 0.717) is 0 Å². The van der Waals surface area contributed by atoms with Gasteiger partial charge in [0.1, 0.15) is 0 Å². The van der Waals surface area contributed by atoms with Crippen LogP contribution in [-0.4, -0.2) is 4.98 Å². The highest BCUT2D eigenvalue weighted by atomic mass is 14.7. The fourth-order valence-corrected chi connectivity index (χ4v) is 2.20. The molecule has 0 spiro atoms. The summed E-state index contributed by atoms with van der Waals surface area (Å²) in [6, 6.07) is 0. The Balaban J connectivity index is 3.44. The summed E-state index contributed by atoms with van der Waals surface area (Å²) in [4.78, 5) is 3.25. The third-order valence-corrected chi connectivity index (χ3v) is 2.67. The van der Waals surface area contributed by atoms with E-state index in [0.717, 1.165) is 5.70 Å². The molecule has 0 saturated heterocycles. The van der Waals surface area contributed by atoms with Crippen LogP contribution in [0.15, 0.2) is 11.9 Å². The van der Waals surface area contributed by atoms with Crippen LogP contribution in [0.5, 0.6) is 0 Å². The highest BCUT2D eigenvalue weighted by Gasteiger charge is 2.24. The summed E-state index contributed by atoms with van der Waals surface area (Å²) in [5, 5.41) is 0. The zero-order valence-corrected chi connectivity index (χ0v) is 10.7. The van der Waals surface area contributed by atoms with E-state index in [-0.39, 0.29) is 5.41 Å². The molecular formula is C13H22N2. The average Bonchev–Trinajstić information content (AvgIpc) is 2.32. The first kappa shape index (κ1) is 11.9. The molecule has 0 fully saturated rings. The van der Waals surface area contributed by atoms with Crippen LogP contribution in [0.1, 0.15) is 44.5 Å². The summed E-state index contributed by atoms with van der Waals surface area (Å²) in [6.45, 7) is 12.8. The molecular weight excluding hydrogens is 184 g/mol. The highest BCUT2D eigenvalue weighted by molar-refractivity contribution is 5.75. The van der Waals surface area contributed by atoms with Gasteiger partial charge in [0, 0.05) is 23.2 Å². The van der Waals surface area contributed by atoms with Crippen molar-refractivity contribution in [3.8, 4) is 0 Å². The second-order valence-electron chi connectivity index (χ2n) is 5.28. The molecule has 2 nitrogen and oxygen atoms in total. The summed E-state index contributed by atoms with van der Waals surface area (Å²) in [5.41, 5.74) is 12.0. The number of hydrogen-bond acceptors (Lipinski definition) is 1. The van der Waals surface area contributed by atoms with Gasteiger partial charge in [-0.3, -0.25) is 0 Å². The average molecular weight is 206 g/mol. The quantitative estimate of drug-likeness (QED) is 0.726. The van der Waals surface area contributed by atoms with Crippen LogP contribution in [0.2, 0.25) is 0 Å². The van der Waals surface area contributed by atoms with Gasteiger partial charge in [-0.25, -0.2) is 0 Å². The molecule has 0 bridgehead atoms. The SMILES string of the molecule is C/C(N)=C(\c1c(C)c[nH]c1C)C(C)(C)C. The van der Waals surface area contributed by atoms with Crippen LogP contribution in [0.3, 0.4) is 0 Å². The Bertz CT molecular complexity index is 366. The van der Waals surface area contributed by atoms with Gasteiger partial charge in [0.25, 0.3) is 0 Å². The zero-order chi connectivity index (χ0) is 11.8. The number of nitrogens with two attached hydrogens (primary N) is 1. The lowest BCUT2D eigenvalue weighted by Crippen LogP contribution is -2.14. The molecule has 0 saturated carbocycles. The number of allylic oxidation sites excluding steroid dienone is 2. The van der Waals surface area contributed by atoms with Crippen molar-refractivity contribution >= 4 is 5.57 Å². The third-order valence-electron chi connectivity index (χ3n) is 2.67. The van der Waals surface area contributed by atoms with E-state index in [4.69, 9.17) is 5.73 Å². The van der Waals surface area contributed by atoms with Crippen molar-refractivity contribution in [2.45, 2.75) is 41.5 Å². The van der Waals surface area contributed by atoms with E-state index < -0.39 is 0 Å². The van der Waals surface area contributed by atoms with E-state index in [1.807, 2.05) is 13.1 Å². The van der Waals surface area contributed by atoms with E-state index in [9.17, 15) is 0 Å². The fraction of sp³-hybridized carbons (Fsp3) is 0.538. The van der Waals surface area contributed by atoms with Crippen LogP contribution in [-0.2, 0) is 0 Å². The van der Waals surface area contributed by atoms with Gasteiger partial charge in [-0.1, -0.05) is 20.8 Å². The van der Waals surface area contributed by atoms with Crippen LogP contribution >= 0.6 is 0 Å². The maximum absolute atomic E-state index is 6.02. The van der Waals surface area contributed by atoms with Gasteiger partial charge in [-0.15, -0.1) is 0 Å². The van der Waals surface area contributed by atoms with E-state index >= 15 is 0 Å². The Morgan fingerprint density at radius 2 is 1.80 bits per heavy atom. The molecule has 0 amide bonds. The van der Waals surface area contributed by atoms with E-state index in [2.05, 4.69) is 39.6 Å². The van der Waals surface area contributed by atoms with Crippen molar-refractivity contribution in [3.63, 3.8) is 0 Å². The predicted octanol–water partition coefficient (Wildman–Crippen LogP) is 3.37. The molecule has 1 aromatic rings. The summed E-state index contributed by atoms with van der Waals surface area (Å²) >= 11 is 0. The predicted molar refractivity (Wildman–Crippen MR) is 66.5 cm³/mol. The molecule has 0 aromatic carbocycles. The van der Waals surface area contributed by atoms with E-state index in [1.54, 1.807) is 0 Å². The fourth-order valence-electron chi connectivity index (χ4n) is 2.20. The number of H-pyrrole nitrogens is 1. The van der Waals surface area contributed by atoms with Crippen LogP contribution in [0, 0.1) is 19.3 Å². The summed E-state index contributed by atoms with van der Waals surface area (Å²) < 4.78 is 0. The van der Waals surface area contributed by atoms with Gasteiger partial charge in [0.2, 0.25) is 0 Å². The lowest BCUT2D eigenvalue weighted by Gasteiger charge is -2.25. The molecule has 15 heavy (non-hydrogen) atoms. The summed E-state index contributed by atoms with van der Waals surface area (Å²) in [5.74, 6) is 0. The first-order chi connectivity index (χ1) is 6.75. The lowest BCUT2D eigenvalue weighted by atomic mass is 9.80. The molecule has 1 rings (SSSR count). The summed E-state index contributed by atoms with van der Waals surface area (Å²) in [6.07, 6.45) is 2.04. The number of rotatable bonds is 1. The van der Waals surface area contributed by atoms with Gasteiger partial charge in [0.15, 0.2) is 0 Å². The Hall–Kier alpha value is -1.18. The van der Waals surface area contributed by atoms with Crippen molar-refractivity contribution in [1.82, 2.24) is 4.98 Å². The molecule has 0 radical (unpaired) electrons. The molecule has 0 aliphatic carbocycles. The third kappa shape index (κ3) is 2.25. The number of aromatic nitrogens is 1. The maximum Gasteiger partial charge on any atom is 0.0195 e. The van der Waals surface area contributed by atoms with Gasteiger partial charge in [-0.05, 0) is 37.3 Å². The first-order valence-corrected chi connectivity index (χ1v) is 5.37. The van der Waals surface area contributed by atoms with Crippen molar-refractivity contribution < 1.29 is 0 Å². The molecule has 0 aliphatic heterocycles. The Morgan fingerprint density at radius 3 is 2.07 bits per heavy atom. The molecule has 0 unspecified atom stereocenters. The molecule has 2 heteroatoms. The smallest absolute Gasteiger partial charge is 0.0195 e. The first-order valence-electron chi connectivity index (χ1n) is 5.37. The van der Waals surface area contributed by atoms with Gasteiger partial charge < -0.3 is 10.7 Å². The normalized spacial score (nSPS) is 14.0. The lowest BCUT2D eigenvalue weighted by molar-refractivity contribution is 0.562. The number of nitrogens with one attached hydrogen (secondary N) is 1. The Morgan fingerprint density at radius 1 is 1.27 bits per heavy atom. The number of aromatic amines is 1. The van der Waals surface area contributed by atoms with Crippen LogP contribution in [0.25, 0.3) is 5.57 Å². The Kier molecular flexibility index (Phi) is 2.98. The molecule has 1 aromatic heterocycles. The maximum atomic E-state index is 6.02. The van der Waals surface area contributed by atoms with Crippen molar-refractivity contribution in [1.29, 1.82) is 0 Å². The molecule has 0 atom stereocenters. The van der Waals surface area contributed by atoms with Crippen molar-refractivity contribution in [2.24, 2.45) is 11.1 Å². The van der Waals surface area contributed by atoms with Crippen LogP contribution < -0.4 is 5.73 Å². The van der Waals surface area contributed by atoms with Crippen LogP contribution in [0.4, 0.5) is 0 Å². The molecule has 3 N–H and O–H groups in total. The molecule has 0 aliphatic rings. The Labute approximate surface area is 92.6 Å². The largest absolute Gasteiger partial charge is 0.402 e. The van der Waals surface area contributed by atoms with Crippen molar-refractivity contribution in [3.05, 3.63) is 28.7 Å². The minimum absolute atomic E-state index is 0.0799. The number of hydrogen-bond donors (Lipinski definition) is 2. The molecule has 84 valence electrons. The number of aryl methyl sites for hydroxylation is 2. The second kappa shape index (κ2) is 3.76. The molecule has 1 heterocycles. The standard InChI is InChI=1S/C13H22N2/c1-8-7-15-10(3)11(8)12(9(2)14)13(4,5)6/h7,15H,14H2,1-6H3/b12-9-.